The van der Waals surface area contributed by atoms with Crippen LogP contribution in [0.3, 0.4) is 0 Å². The number of likely N-dealkylation sites (tertiary alicyclic amines) is 1. The van der Waals surface area contributed by atoms with Crippen molar-refractivity contribution in [1.82, 2.24) is 30.2 Å². The van der Waals surface area contributed by atoms with Crippen LogP contribution in [0.25, 0.3) is 0 Å². The molecule has 0 spiro atoms. The normalized spacial score (nSPS) is 21.2. The number of carbonyl (C=O) groups is 2. The lowest BCUT2D eigenvalue weighted by Crippen LogP contribution is -2.51. The molecule has 2 amide bonds. The van der Waals surface area contributed by atoms with E-state index in [1.54, 1.807) is 41.2 Å². The molecule has 2 aromatic heterocycles. The number of hydrogen-bond donors (Lipinski definition) is 2. The van der Waals surface area contributed by atoms with Crippen LogP contribution in [-0.2, 0) is 9.59 Å². The maximum absolute atomic E-state index is 14.1. The van der Waals surface area contributed by atoms with Gasteiger partial charge in [-0.2, -0.15) is 0 Å². The SMILES string of the molecule is CC(C)(C)[C@@H](C(=O)N1CC(O)CC1C(=O)NC(c1cccc(F)c1)c1ccccn1)n1cc(C2CC2)nn1. The van der Waals surface area contributed by atoms with Gasteiger partial charge in [0.1, 0.15) is 17.9 Å². The highest BCUT2D eigenvalue weighted by atomic mass is 19.1. The highest BCUT2D eigenvalue weighted by molar-refractivity contribution is 5.90. The molecule has 3 unspecified atom stereocenters. The minimum Gasteiger partial charge on any atom is -0.391 e. The van der Waals surface area contributed by atoms with Gasteiger partial charge in [-0.25, -0.2) is 9.07 Å². The molecule has 0 radical (unpaired) electrons. The van der Waals surface area contributed by atoms with Crippen molar-refractivity contribution in [2.24, 2.45) is 5.41 Å². The van der Waals surface area contributed by atoms with Gasteiger partial charge in [0.05, 0.1) is 23.5 Å². The minimum absolute atomic E-state index is 0.0297. The summed E-state index contributed by atoms with van der Waals surface area (Å²) in [5.74, 6) is -0.795. The van der Waals surface area contributed by atoms with Crippen molar-refractivity contribution >= 4 is 11.8 Å². The summed E-state index contributed by atoms with van der Waals surface area (Å²) in [6.07, 6.45) is 4.80. The highest BCUT2D eigenvalue weighted by Gasteiger charge is 2.46. The van der Waals surface area contributed by atoms with Gasteiger partial charge in [-0.3, -0.25) is 14.6 Å². The Morgan fingerprint density at radius 1 is 1.16 bits per heavy atom. The first-order chi connectivity index (χ1) is 18.1. The third-order valence-electron chi connectivity index (χ3n) is 7.16. The standard InChI is InChI=1S/C28H33FN6O3/c1-28(2,3)25(35-16-22(32-33-35)17-10-11-17)27(38)34-15-20(36)14-23(34)26(37)31-24(21-9-4-5-12-30-21)18-7-6-8-19(29)13-18/h4-9,12-13,16-17,20,23-25,36H,10-11,14-15H2,1-3H3,(H,31,37)/t20?,23?,24?,25-/m1/s1. The fourth-order valence-corrected chi connectivity index (χ4v) is 5.13. The zero-order valence-electron chi connectivity index (χ0n) is 21.8. The lowest BCUT2D eigenvalue weighted by molar-refractivity contribution is -0.144. The number of aliphatic hydroxyl groups excluding tert-OH is 1. The van der Waals surface area contributed by atoms with Gasteiger partial charge in [0, 0.05) is 31.3 Å². The summed E-state index contributed by atoms with van der Waals surface area (Å²) in [5, 5.41) is 22.1. The highest BCUT2D eigenvalue weighted by Crippen LogP contribution is 2.40. The average Bonchev–Trinajstić information content (AvgIpc) is 3.48. The fourth-order valence-electron chi connectivity index (χ4n) is 5.13. The summed E-state index contributed by atoms with van der Waals surface area (Å²) >= 11 is 0. The Bertz CT molecular complexity index is 1300. The summed E-state index contributed by atoms with van der Waals surface area (Å²) < 4.78 is 15.7. The van der Waals surface area contributed by atoms with Crippen molar-refractivity contribution in [1.29, 1.82) is 0 Å². The first-order valence-corrected chi connectivity index (χ1v) is 13.0. The van der Waals surface area contributed by atoms with Crippen LogP contribution >= 0.6 is 0 Å². The molecule has 1 aliphatic carbocycles. The molecule has 1 saturated carbocycles. The van der Waals surface area contributed by atoms with Gasteiger partial charge in [0.2, 0.25) is 11.8 Å². The number of rotatable bonds is 7. The number of carbonyl (C=O) groups excluding carboxylic acids is 2. The van der Waals surface area contributed by atoms with Crippen LogP contribution in [0.2, 0.25) is 0 Å². The summed E-state index contributed by atoms with van der Waals surface area (Å²) in [6, 6.07) is 8.92. The molecular weight excluding hydrogens is 487 g/mol. The van der Waals surface area contributed by atoms with Crippen molar-refractivity contribution < 1.29 is 19.1 Å². The number of hydrogen-bond acceptors (Lipinski definition) is 6. The van der Waals surface area contributed by atoms with Gasteiger partial charge in [-0.1, -0.05) is 44.2 Å². The van der Waals surface area contributed by atoms with E-state index in [1.165, 1.54) is 17.0 Å². The molecule has 4 atom stereocenters. The molecule has 38 heavy (non-hydrogen) atoms. The van der Waals surface area contributed by atoms with Crippen LogP contribution in [0, 0.1) is 11.2 Å². The third-order valence-corrected chi connectivity index (χ3v) is 7.16. The number of nitrogens with one attached hydrogen (secondary N) is 1. The van der Waals surface area contributed by atoms with E-state index in [9.17, 15) is 19.1 Å². The molecule has 1 saturated heterocycles. The largest absolute Gasteiger partial charge is 0.391 e. The maximum Gasteiger partial charge on any atom is 0.248 e. The number of nitrogens with zero attached hydrogens (tertiary/aromatic N) is 5. The topological polar surface area (TPSA) is 113 Å². The van der Waals surface area contributed by atoms with Crippen LogP contribution in [0.5, 0.6) is 0 Å². The summed E-state index contributed by atoms with van der Waals surface area (Å²) in [5.41, 5.74) is 1.40. The van der Waals surface area contributed by atoms with Crippen molar-refractivity contribution in [3.05, 3.63) is 77.6 Å². The van der Waals surface area contributed by atoms with Gasteiger partial charge in [-0.15, -0.1) is 5.10 Å². The Balaban J connectivity index is 1.42. The first-order valence-electron chi connectivity index (χ1n) is 13.0. The predicted molar refractivity (Wildman–Crippen MR) is 137 cm³/mol. The van der Waals surface area contributed by atoms with E-state index < -0.39 is 41.4 Å². The average molecular weight is 521 g/mol. The molecule has 9 nitrogen and oxygen atoms in total. The Hall–Kier alpha value is -3.66. The molecule has 1 aliphatic heterocycles. The molecule has 0 bridgehead atoms. The van der Waals surface area contributed by atoms with Gasteiger partial charge < -0.3 is 15.3 Å². The second-order valence-electron chi connectivity index (χ2n) is 11.3. The molecule has 2 fully saturated rings. The van der Waals surface area contributed by atoms with E-state index in [1.807, 2.05) is 27.0 Å². The van der Waals surface area contributed by atoms with Crippen LogP contribution in [0.1, 0.15) is 75.0 Å². The molecule has 2 aliphatic rings. The molecule has 3 aromatic rings. The van der Waals surface area contributed by atoms with E-state index in [-0.39, 0.29) is 18.9 Å². The number of aliphatic hydroxyl groups is 1. The zero-order valence-corrected chi connectivity index (χ0v) is 21.8. The molecule has 10 heteroatoms. The lowest BCUT2D eigenvalue weighted by Gasteiger charge is -2.35. The lowest BCUT2D eigenvalue weighted by atomic mass is 9.85. The van der Waals surface area contributed by atoms with E-state index in [0.29, 0.717) is 17.2 Å². The van der Waals surface area contributed by atoms with Crippen LogP contribution in [0.15, 0.2) is 54.9 Å². The van der Waals surface area contributed by atoms with Crippen molar-refractivity contribution in [3.8, 4) is 0 Å². The number of β-amino-alcohol motifs (C(OH)–C–C–N with tert-alkyl or cyclic N) is 1. The smallest absolute Gasteiger partial charge is 0.248 e. The Morgan fingerprint density at radius 3 is 2.61 bits per heavy atom. The zero-order chi connectivity index (χ0) is 27.0. The van der Waals surface area contributed by atoms with Gasteiger partial charge in [-0.05, 0) is 48.1 Å². The fraction of sp³-hybridized carbons (Fsp3) is 0.464. The molecular formula is C28H33FN6O3. The predicted octanol–water partition coefficient (Wildman–Crippen LogP) is 3.14. The van der Waals surface area contributed by atoms with Crippen molar-refractivity contribution in [2.75, 3.05) is 6.54 Å². The molecule has 200 valence electrons. The second-order valence-corrected chi connectivity index (χ2v) is 11.3. The summed E-state index contributed by atoms with van der Waals surface area (Å²) in [7, 11) is 0. The molecule has 5 rings (SSSR count). The summed E-state index contributed by atoms with van der Waals surface area (Å²) in [4.78, 5) is 33.5. The van der Waals surface area contributed by atoms with E-state index in [4.69, 9.17) is 0 Å². The third kappa shape index (κ3) is 5.45. The van der Waals surface area contributed by atoms with Gasteiger partial charge >= 0.3 is 0 Å². The number of benzene rings is 1. The van der Waals surface area contributed by atoms with Crippen LogP contribution in [0.4, 0.5) is 4.39 Å². The monoisotopic (exact) mass is 520 g/mol. The van der Waals surface area contributed by atoms with E-state index in [0.717, 1.165) is 18.5 Å². The quantitative estimate of drug-likeness (QED) is 0.495. The number of halogens is 1. The van der Waals surface area contributed by atoms with Crippen LogP contribution in [-0.4, -0.2) is 60.5 Å². The second kappa shape index (κ2) is 10.2. The number of amides is 2. The first kappa shape index (κ1) is 26.0. The number of aromatic nitrogens is 4. The Kier molecular flexibility index (Phi) is 7.00. The van der Waals surface area contributed by atoms with Crippen molar-refractivity contribution in [2.45, 2.75) is 70.2 Å². The number of pyridine rings is 1. The summed E-state index contributed by atoms with van der Waals surface area (Å²) in [6.45, 7) is 5.85. The van der Waals surface area contributed by atoms with E-state index in [2.05, 4.69) is 20.6 Å². The van der Waals surface area contributed by atoms with Gasteiger partial charge in [0.15, 0.2) is 0 Å². The Labute approximate surface area is 221 Å². The van der Waals surface area contributed by atoms with Crippen molar-refractivity contribution in [3.63, 3.8) is 0 Å². The maximum atomic E-state index is 14.1. The van der Waals surface area contributed by atoms with E-state index >= 15 is 0 Å². The van der Waals surface area contributed by atoms with Gasteiger partial charge in [0.25, 0.3) is 0 Å². The molecule has 1 aromatic carbocycles. The minimum atomic E-state index is -0.909. The van der Waals surface area contributed by atoms with Crippen LogP contribution < -0.4 is 5.32 Å². The molecule has 2 N–H and O–H groups in total. The Morgan fingerprint density at radius 2 is 1.95 bits per heavy atom. The molecule has 3 heterocycles.